The van der Waals surface area contributed by atoms with Gasteiger partial charge in [-0.25, -0.2) is 4.98 Å². The Balaban J connectivity index is 1.74. The van der Waals surface area contributed by atoms with Gasteiger partial charge in [-0.1, -0.05) is 29.7 Å². The van der Waals surface area contributed by atoms with Crippen LogP contribution in [0.3, 0.4) is 0 Å². The van der Waals surface area contributed by atoms with Crippen LogP contribution in [0.15, 0.2) is 42.6 Å². The Bertz CT molecular complexity index is 737. The average Bonchev–Trinajstić information content (AvgIpc) is 2.48. The molecule has 2 aromatic rings. The van der Waals surface area contributed by atoms with Crippen molar-refractivity contribution in [2.24, 2.45) is 0 Å². The van der Waals surface area contributed by atoms with Crippen molar-refractivity contribution >= 4 is 11.7 Å². The molecule has 1 heterocycles. The van der Waals surface area contributed by atoms with Crippen LogP contribution < -0.4 is 5.32 Å². The summed E-state index contributed by atoms with van der Waals surface area (Å²) >= 11 is 0. The third kappa shape index (κ3) is 2.60. The van der Waals surface area contributed by atoms with Crippen molar-refractivity contribution in [2.45, 2.75) is 31.6 Å². The number of terminal acetylenes is 1. The summed E-state index contributed by atoms with van der Waals surface area (Å²) in [5.41, 5.74) is 2.60. The molecule has 0 saturated heterocycles. The lowest BCUT2D eigenvalue weighted by molar-refractivity contribution is 0.102. The number of aromatic nitrogens is 1. The number of nitrogens with zero attached hydrogens (tertiary/aromatic N) is 1. The lowest BCUT2D eigenvalue weighted by atomic mass is 9.65. The quantitative estimate of drug-likeness (QED) is 0.876. The fourth-order valence-electron chi connectivity index (χ4n) is 2.77. The molecule has 0 bridgehead atoms. The first-order chi connectivity index (χ1) is 10.6. The lowest BCUT2D eigenvalue weighted by Crippen LogP contribution is -2.32. The van der Waals surface area contributed by atoms with Crippen molar-refractivity contribution in [1.29, 1.82) is 0 Å². The van der Waals surface area contributed by atoms with Gasteiger partial charge in [0.2, 0.25) is 0 Å². The molecule has 0 unspecified atom stereocenters. The van der Waals surface area contributed by atoms with Crippen LogP contribution >= 0.6 is 0 Å². The second kappa shape index (κ2) is 5.65. The van der Waals surface area contributed by atoms with Crippen molar-refractivity contribution in [1.82, 2.24) is 4.98 Å². The van der Waals surface area contributed by atoms with Crippen LogP contribution in [-0.2, 0) is 5.41 Å². The van der Waals surface area contributed by atoms with E-state index in [9.17, 15) is 4.79 Å². The van der Waals surface area contributed by atoms with Crippen LogP contribution in [0.1, 0.15) is 40.7 Å². The molecule has 3 rings (SSSR count). The summed E-state index contributed by atoms with van der Waals surface area (Å²) in [4.78, 5) is 16.5. The molecule has 1 aromatic heterocycles. The summed E-state index contributed by atoms with van der Waals surface area (Å²) in [6.45, 7) is 1.96. The zero-order valence-electron chi connectivity index (χ0n) is 12.6. The number of carbonyl (C=O) groups is 1. The average molecular weight is 290 g/mol. The molecule has 1 aliphatic rings. The number of anilines is 1. The summed E-state index contributed by atoms with van der Waals surface area (Å²) in [5, 5.41) is 2.82. The van der Waals surface area contributed by atoms with E-state index in [1.54, 1.807) is 12.3 Å². The predicted molar refractivity (Wildman–Crippen MR) is 87.7 cm³/mol. The Labute approximate surface area is 130 Å². The molecule has 110 valence electrons. The highest BCUT2D eigenvalue weighted by molar-refractivity contribution is 6.03. The van der Waals surface area contributed by atoms with Gasteiger partial charge in [0.1, 0.15) is 5.82 Å². The maximum atomic E-state index is 12.2. The molecule has 3 heteroatoms. The lowest BCUT2D eigenvalue weighted by Gasteiger charge is -2.37. The van der Waals surface area contributed by atoms with Gasteiger partial charge >= 0.3 is 0 Å². The summed E-state index contributed by atoms with van der Waals surface area (Å²) in [5.74, 6) is 3.29. The number of aryl methyl sites for hydroxylation is 1. The van der Waals surface area contributed by atoms with E-state index in [0.29, 0.717) is 11.4 Å². The minimum atomic E-state index is -0.153. The summed E-state index contributed by atoms with van der Waals surface area (Å²) in [6, 6.07) is 11.3. The Morgan fingerprint density at radius 2 is 2.14 bits per heavy atom. The van der Waals surface area contributed by atoms with Crippen LogP contribution in [-0.4, -0.2) is 10.9 Å². The third-order valence-corrected chi connectivity index (χ3v) is 4.32. The summed E-state index contributed by atoms with van der Waals surface area (Å²) < 4.78 is 0. The molecule has 0 spiro atoms. The SMILES string of the molecule is C#CC1(c2ccc(NC(=O)c3cccc(C)c3)nc2)CCC1. The van der Waals surface area contributed by atoms with Gasteiger partial charge < -0.3 is 5.32 Å². The van der Waals surface area contributed by atoms with Crippen molar-refractivity contribution in [3.05, 3.63) is 59.3 Å². The Kier molecular flexibility index (Phi) is 3.68. The first kappa shape index (κ1) is 14.3. The molecule has 1 amide bonds. The number of carbonyl (C=O) groups excluding carboxylic acids is 1. The van der Waals surface area contributed by atoms with E-state index < -0.39 is 0 Å². The Morgan fingerprint density at radius 1 is 1.32 bits per heavy atom. The van der Waals surface area contributed by atoms with E-state index in [4.69, 9.17) is 6.42 Å². The van der Waals surface area contributed by atoms with Crippen molar-refractivity contribution < 1.29 is 4.79 Å². The molecule has 22 heavy (non-hydrogen) atoms. The van der Waals surface area contributed by atoms with Gasteiger partial charge in [0.05, 0.1) is 5.41 Å². The molecule has 0 atom stereocenters. The second-order valence-electron chi connectivity index (χ2n) is 5.84. The van der Waals surface area contributed by atoms with E-state index in [0.717, 1.165) is 30.4 Å². The minimum absolute atomic E-state index is 0.147. The van der Waals surface area contributed by atoms with Gasteiger partial charge in [-0.05, 0) is 49.9 Å². The molecule has 0 radical (unpaired) electrons. The van der Waals surface area contributed by atoms with Crippen LogP contribution in [0, 0.1) is 19.3 Å². The number of hydrogen-bond acceptors (Lipinski definition) is 2. The Morgan fingerprint density at radius 3 is 2.68 bits per heavy atom. The van der Waals surface area contributed by atoms with E-state index in [2.05, 4.69) is 16.2 Å². The molecule has 1 fully saturated rings. The first-order valence-electron chi connectivity index (χ1n) is 7.45. The van der Waals surface area contributed by atoms with Crippen LogP contribution in [0.5, 0.6) is 0 Å². The molecule has 1 saturated carbocycles. The topological polar surface area (TPSA) is 42.0 Å². The zero-order chi connectivity index (χ0) is 15.6. The number of benzene rings is 1. The van der Waals surface area contributed by atoms with Gasteiger partial charge in [-0.15, -0.1) is 6.42 Å². The fraction of sp³-hybridized carbons (Fsp3) is 0.263. The van der Waals surface area contributed by atoms with Gasteiger partial charge in [-0.3, -0.25) is 4.79 Å². The highest BCUT2D eigenvalue weighted by Crippen LogP contribution is 2.42. The molecule has 3 nitrogen and oxygen atoms in total. The van der Waals surface area contributed by atoms with Crippen LogP contribution in [0.2, 0.25) is 0 Å². The third-order valence-electron chi connectivity index (χ3n) is 4.32. The highest BCUT2D eigenvalue weighted by atomic mass is 16.1. The molecular formula is C19H18N2O. The van der Waals surface area contributed by atoms with Crippen molar-refractivity contribution in [3.8, 4) is 12.3 Å². The van der Waals surface area contributed by atoms with E-state index in [1.807, 2.05) is 37.3 Å². The minimum Gasteiger partial charge on any atom is -0.307 e. The monoisotopic (exact) mass is 290 g/mol. The summed E-state index contributed by atoms with van der Waals surface area (Å²) in [7, 11) is 0. The largest absolute Gasteiger partial charge is 0.307 e. The molecular weight excluding hydrogens is 272 g/mol. The zero-order valence-corrected chi connectivity index (χ0v) is 12.6. The molecule has 0 aliphatic heterocycles. The standard InChI is InChI=1S/C19H18N2O/c1-3-19(10-5-11-19)16-8-9-17(20-13-16)21-18(22)15-7-4-6-14(2)12-15/h1,4,6-9,12-13H,5,10-11H2,2H3,(H,20,21,22). The van der Waals surface area contributed by atoms with Gasteiger partial charge in [-0.2, -0.15) is 0 Å². The smallest absolute Gasteiger partial charge is 0.256 e. The van der Waals surface area contributed by atoms with E-state index >= 15 is 0 Å². The van der Waals surface area contributed by atoms with Crippen LogP contribution in [0.25, 0.3) is 0 Å². The second-order valence-corrected chi connectivity index (χ2v) is 5.84. The maximum Gasteiger partial charge on any atom is 0.256 e. The number of amides is 1. The van der Waals surface area contributed by atoms with Gasteiger partial charge in [0.15, 0.2) is 0 Å². The summed E-state index contributed by atoms with van der Waals surface area (Å²) in [6.07, 6.45) is 10.6. The number of pyridine rings is 1. The first-order valence-corrected chi connectivity index (χ1v) is 7.45. The van der Waals surface area contributed by atoms with Gasteiger partial charge in [0.25, 0.3) is 5.91 Å². The predicted octanol–water partition coefficient (Wildman–Crippen LogP) is 3.70. The number of rotatable bonds is 3. The van der Waals surface area contributed by atoms with E-state index in [1.165, 1.54) is 0 Å². The fourth-order valence-corrected chi connectivity index (χ4v) is 2.77. The number of hydrogen-bond donors (Lipinski definition) is 1. The highest BCUT2D eigenvalue weighted by Gasteiger charge is 2.36. The van der Waals surface area contributed by atoms with Crippen molar-refractivity contribution in [2.75, 3.05) is 5.32 Å². The molecule has 1 aliphatic carbocycles. The van der Waals surface area contributed by atoms with E-state index in [-0.39, 0.29) is 11.3 Å². The molecule has 1 N–H and O–H groups in total. The number of nitrogens with one attached hydrogen (secondary N) is 1. The Hall–Kier alpha value is -2.60. The van der Waals surface area contributed by atoms with Crippen LogP contribution in [0.4, 0.5) is 5.82 Å². The van der Waals surface area contributed by atoms with Crippen molar-refractivity contribution in [3.63, 3.8) is 0 Å². The molecule has 1 aromatic carbocycles. The van der Waals surface area contributed by atoms with Gasteiger partial charge in [0, 0.05) is 11.8 Å². The maximum absolute atomic E-state index is 12.2. The normalized spacial score (nSPS) is 15.5.